The van der Waals surface area contributed by atoms with Crippen molar-refractivity contribution in [2.24, 2.45) is 25.9 Å². The first-order valence-electron chi connectivity index (χ1n) is 8.71. The van der Waals surface area contributed by atoms with Crippen LogP contribution in [0.1, 0.15) is 26.7 Å². The second kappa shape index (κ2) is 6.55. The zero-order valence-electron chi connectivity index (χ0n) is 15.0. The van der Waals surface area contributed by atoms with Crippen LogP contribution in [0.2, 0.25) is 0 Å². The molecule has 7 nitrogen and oxygen atoms in total. The van der Waals surface area contributed by atoms with E-state index in [0.29, 0.717) is 17.7 Å². The minimum Gasteiger partial charge on any atom is -0.328 e. The molecule has 0 spiro atoms. The molecule has 0 N–H and O–H groups in total. The summed E-state index contributed by atoms with van der Waals surface area (Å²) >= 11 is 0. The van der Waals surface area contributed by atoms with E-state index in [2.05, 4.69) is 23.7 Å². The zero-order chi connectivity index (χ0) is 17.4. The molecule has 0 radical (unpaired) electrons. The quantitative estimate of drug-likeness (QED) is 0.830. The van der Waals surface area contributed by atoms with Crippen LogP contribution in [0.15, 0.2) is 15.9 Å². The molecule has 7 heteroatoms. The van der Waals surface area contributed by atoms with Gasteiger partial charge in [-0.15, -0.1) is 0 Å². The maximum atomic E-state index is 12.6. The molecule has 0 bridgehead atoms. The van der Waals surface area contributed by atoms with Gasteiger partial charge in [0.25, 0.3) is 5.56 Å². The highest BCUT2D eigenvalue weighted by molar-refractivity contribution is 5.69. The molecule has 2 unspecified atom stereocenters. The molecule has 2 atom stereocenters. The number of rotatable bonds is 4. The third kappa shape index (κ3) is 3.05. The Morgan fingerprint density at radius 1 is 1.12 bits per heavy atom. The summed E-state index contributed by atoms with van der Waals surface area (Å²) in [6.07, 6.45) is 3.66. The lowest BCUT2D eigenvalue weighted by molar-refractivity contribution is 0.138. The van der Waals surface area contributed by atoms with Crippen LogP contribution >= 0.6 is 0 Å². The second-order valence-corrected chi connectivity index (χ2v) is 7.39. The molecule has 132 valence electrons. The molecule has 3 heterocycles. The van der Waals surface area contributed by atoms with Crippen LogP contribution in [0, 0.1) is 11.8 Å². The van der Waals surface area contributed by atoms with Gasteiger partial charge in [0, 0.05) is 33.7 Å². The fourth-order valence-electron chi connectivity index (χ4n) is 4.02. The number of hydrogen-bond acceptors (Lipinski definition) is 4. The Morgan fingerprint density at radius 3 is 2.46 bits per heavy atom. The van der Waals surface area contributed by atoms with Crippen LogP contribution in [-0.2, 0) is 20.6 Å². The Balaban J connectivity index is 1.77. The Labute approximate surface area is 141 Å². The topological polar surface area (TPSA) is 65.1 Å². The van der Waals surface area contributed by atoms with Gasteiger partial charge in [-0.1, -0.05) is 13.8 Å². The summed E-state index contributed by atoms with van der Waals surface area (Å²) in [6.45, 7) is 8.17. The number of aryl methyl sites for hydroxylation is 2. The minimum atomic E-state index is -0.286. The first-order chi connectivity index (χ1) is 11.4. The van der Waals surface area contributed by atoms with Gasteiger partial charge in [0.1, 0.15) is 0 Å². The van der Waals surface area contributed by atoms with E-state index in [1.807, 2.05) is 0 Å². The Morgan fingerprint density at radius 2 is 1.79 bits per heavy atom. The van der Waals surface area contributed by atoms with Gasteiger partial charge >= 0.3 is 5.69 Å². The van der Waals surface area contributed by atoms with Crippen LogP contribution in [0.5, 0.6) is 0 Å². The van der Waals surface area contributed by atoms with Crippen molar-refractivity contribution in [1.82, 2.24) is 23.6 Å². The van der Waals surface area contributed by atoms with Gasteiger partial charge in [0.2, 0.25) is 0 Å². The normalized spacial score (nSPS) is 22.3. The summed E-state index contributed by atoms with van der Waals surface area (Å²) in [7, 11) is 3.45. The van der Waals surface area contributed by atoms with Crippen LogP contribution in [0.25, 0.3) is 11.2 Å². The van der Waals surface area contributed by atoms with Crippen LogP contribution in [0.4, 0.5) is 0 Å². The molecule has 1 aliphatic rings. The number of nitrogens with zero attached hydrogens (tertiary/aromatic N) is 5. The van der Waals surface area contributed by atoms with Crippen molar-refractivity contribution in [2.45, 2.75) is 33.2 Å². The van der Waals surface area contributed by atoms with Crippen molar-refractivity contribution >= 4 is 11.2 Å². The van der Waals surface area contributed by atoms with E-state index in [1.54, 1.807) is 25.0 Å². The number of fused-ring (bicyclic) bond motifs is 1. The van der Waals surface area contributed by atoms with Gasteiger partial charge in [-0.3, -0.25) is 13.9 Å². The molecule has 0 saturated carbocycles. The standard InChI is InChI=1S/C17H27N5O2/c1-12-8-13(2)10-21(9-12)6-5-7-22-16(23)14-15(18-11-19(14)3)20(4)17(22)24/h11-13H,5-10H2,1-4H3. The molecular weight excluding hydrogens is 306 g/mol. The molecule has 2 aromatic heterocycles. The third-order valence-corrected chi connectivity index (χ3v) is 5.00. The smallest absolute Gasteiger partial charge is 0.328 e. The van der Waals surface area contributed by atoms with Gasteiger partial charge in [0.05, 0.1) is 6.33 Å². The second-order valence-electron chi connectivity index (χ2n) is 7.39. The first-order valence-corrected chi connectivity index (χ1v) is 8.71. The van der Waals surface area contributed by atoms with Gasteiger partial charge in [-0.2, -0.15) is 0 Å². The molecule has 0 amide bonds. The summed E-state index contributed by atoms with van der Waals surface area (Å²) in [5.41, 5.74) is 0.403. The molecular formula is C17H27N5O2. The molecule has 0 aromatic carbocycles. The summed E-state index contributed by atoms with van der Waals surface area (Å²) in [4.78, 5) is 31.7. The Kier molecular flexibility index (Phi) is 4.62. The number of aromatic nitrogens is 4. The summed E-state index contributed by atoms with van der Waals surface area (Å²) in [5, 5.41) is 0. The fraction of sp³-hybridized carbons (Fsp3) is 0.706. The van der Waals surface area contributed by atoms with Crippen LogP contribution in [-0.4, -0.2) is 43.2 Å². The first kappa shape index (κ1) is 17.0. The van der Waals surface area contributed by atoms with Crippen LogP contribution < -0.4 is 11.2 Å². The van der Waals surface area contributed by atoms with Gasteiger partial charge in [0.15, 0.2) is 11.2 Å². The van der Waals surface area contributed by atoms with Crippen molar-refractivity contribution in [3.05, 3.63) is 27.2 Å². The Bertz CT molecular complexity index is 837. The molecule has 1 aliphatic heterocycles. The highest BCUT2D eigenvalue weighted by Gasteiger charge is 2.21. The van der Waals surface area contributed by atoms with E-state index in [4.69, 9.17) is 0 Å². The summed E-state index contributed by atoms with van der Waals surface area (Å²) < 4.78 is 4.49. The predicted molar refractivity (Wildman–Crippen MR) is 94.2 cm³/mol. The van der Waals surface area contributed by atoms with Crippen molar-refractivity contribution in [2.75, 3.05) is 19.6 Å². The number of hydrogen-bond donors (Lipinski definition) is 0. The monoisotopic (exact) mass is 333 g/mol. The average Bonchev–Trinajstić information content (AvgIpc) is 2.89. The van der Waals surface area contributed by atoms with Gasteiger partial charge in [-0.25, -0.2) is 9.78 Å². The number of piperidine rings is 1. The van der Waals surface area contributed by atoms with E-state index in [9.17, 15) is 9.59 Å². The SMILES string of the molecule is CC1CC(C)CN(CCCn2c(=O)c3c(ncn3C)n(C)c2=O)C1. The summed E-state index contributed by atoms with van der Waals surface area (Å²) in [6, 6.07) is 0. The van der Waals surface area contributed by atoms with E-state index in [1.165, 1.54) is 15.6 Å². The zero-order valence-corrected chi connectivity index (χ0v) is 15.0. The van der Waals surface area contributed by atoms with E-state index in [0.717, 1.165) is 37.9 Å². The molecule has 1 saturated heterocycles. The van der Waals surface area contributed by atoms with Crippen molar-refractivity contribution in [3.8, 4) is 0 Å². The molecule has 2 aromatic rings. The number of imidazole rings is 1. The number of likely N-dealkylation sites (tertiary alicyclic amines) is 1. The van der Waals surface area contributed by atoms with Gasteiger partial charge in [-0.05, 0) is 31.2 Å². The minimum absolute atomic E-state index is 0.242. The Hall–Kier alpha value is -1.89. The third-order valence-electron chi connectivity index (χ3n) is 5.00. The molecule has 1 fully saturated rings. The van der Waals surface area contributed by atoms with Gasteiger partial charge < -0.3 is 9.47 Å². The lowest BCUT2D eigenvalue weighted by Crippen LogP contribution is -2.42. The van der Waals surface area contributed by atoms with E-state index < -0.39 is 0 Å². The molecule has 0 aliphatic carbocycles. The van der Waals surface area contributed by atoms with E-state index >= 15 is 0 Å². The predicted octanol–water partition coefficient (Wildman–Crippen LogP) is 0.802. The summed E-state index contributed by atoms with van der Waals surface area (Å²) in [5.74, 6) is 1.44. The lowest BCUT2D eigenvalue weighted by Gasteiger charge is -2.34. The van der Waals surface area contributed by atoms with Crippen molar-refractivity contribution in [3.63, 3.8) is 0 Å². The lowest BCUT2D eigenvalue weighted by atomic mass is 9.92. The van der Waals surface area contributed by atoms with Crippen molar-refractivity contribution in [1.29, 1.82) is 0 Å². The highest BCUT2D eigenvalue weighted by atomic mass is 16.2. The molecule has 3 rings (SSSR count). The van der Waals surface area contributed by atoms with Crippen LogP contribution in [0.3, 0.4) is 0 Å². The fourth-order valence-corrected chi connectivity index (χ4v) is 4.02. The maximum absolute atomic E-state index is 12.6. The highest BCUT2D eigenvalue weighted by Crippen LogP contribution is 2.20. The maximum Gasteiger partial charge on any atom is 0.332 e. The molecule has 24 heavy (non-hydrogen) atoms. The largest absolute Gasteiger partial charge is 0.332 e. The average molecular weight is 333 g/mol. The van der Waals surface area contributed by atoms with Crippen molar-refractivity contribution < 1.29 is 0 Å². The van der Waals surface area contributed by atoms with E-state index in [-0.39, 0.29) is 11.2 Å².